The Hall–Kier alpha value is -1.16. The minimum absolute atomic E-state index is 0.162. The van der Waals surface area contributed by atoms with Gasteiger partial charge in [-0.3, -0.25) is 0 Å². The Labute approximate surface area is 114 Å². The van der Waals surface area contributed by atoms with E-state index >= 15 is 0 Å². The van der Waals surface area contributed by atoms with Crippen molar-refractivity contribution in [3.8, 4) is 0 Å². The predicted molar refractivity (Wildman–Crippen MR) is 74.5 cm³/mol. The number of anilines is 1. The van der Waals surface area contributed by atoms with Crippen LogP contribution in [0.2, 0.25) is 0 Å². The van der Waals surface area contributed by atoms with Gasteiger partial charge in [0.1, 0.15) is 11.6 Å². The topological polar surface area (TPSA) is 36.4 Å². The highest BCUT2D eigenvalue weighted by Crippen LogP contribution is 2.28. The summed E-state index contributed by atoms with van der Waals surface area (Å²) in [6.07, 6.45) is 4.75. The van der Waals surface area contributed by atoms with Crippen LogP contribution in [0.25, 0.3) is 0 Å². The van der Waals surface area contributed by atoms with E-state index in [1.165, 1.54) is 18.7 Å². The van der Waals surface area contributed by atoms with Crippen molar-refractivity contribution in [1.82, 2.24) is 4.98 Å². The van der Waals surface area contributed by atoms with E-state index in [0.29, 0.717) is 11.5 Å². The fraction of sp³-hybridized carbons (Fsp3) is 0.667. The van der Waals surface area contributed by atoms with E-state index in [2.05, 4.69) is 23.7 Å². The maximum absolute atomic E-state index is 13.2. The van der Waals surface area contributed by atoms with Gasteiger partial charge in [-0.2, -0.15) is 0 Å². The first-order valence-corrected chi connectivity index (χ1v) is 7.12. The molecule has 106 valence electrons. The molecule has 1 aliphatic heterocycles. The third-order valence-corrected chi connectivity index (χ3v) is 4.09. The van der Waals surface area contributed by atoms with Crippen LogP contribution in [-0.2, 0) is 6.61 Å². The van der Waals surface area contributed by atoms with E-state index in [0.717, 1.165) is 37.7 Å². The Morgan fingerprint density at radius 3 is 2.89 bits per heavy atom. The fourth-order valence-electron chi connectivity index (χ4n) is 2.88. The highest BCUT2D eigenvalue weighted by molar-refractivity contribution is 5.46. The van der Waals surface area contributed by atoms with Gasteiger partial charge in [-0.1, -0.05) is 13.8 Å². The summed E-state index contributed by atoms with van der Waals surface area (Å²) < 4.78 is 13.2. The van der Waals surface area contributed by atoms with Crippen LogP contribution in [0.1, 0.15) is 38.7 Å². The average Bonchev–Trinajstić information content (AvgIpc) is 2.64. The third-order valence-electron chi connectivity index (χ3n) is 4.09. The quantitative estimate of drug-likeness (QED) is 0.913. The second-order valence-electron chi connectivity index (χ2n) is 5.72. The summed E-state index contributed by atoms with van der Waals surface area (Å²) in [5.41, 5.74) is 0.586. The van der Waals surface area contributed by atoms with Gasteiger partial charge in [-0.05, 0) is 37.2 Å². The van der Waals surface area contributed by atoms with Crippen molar-refractivity contribution in [3.05, 3.63) is 23.6 Å². The SMILES string of the molecule is CC(C)C1CCCN(c2ncc(F)cc2CO)CC1. The van der Waals surface area contributed by atoms with Gasteiger partial charge >= 0.3 is 0 Å². The molecule has 19 heavy (non-hydrogen) atoms. The smallest absolute Gasteiger partial charge is 0.142 e. The second-order valence-corrected chi connectivity index (χ2v) is 5.72. The molecular formula is C15H23FN2O. The first-order chi connectivity index (χ1) is 9.11. The number of hydrogen-bond donors (Lipinski definition) is 1. The summed E-state index contributed by atoms with van der Waals surface area (Å²) in [6, 6.07) is 1.38. The van der Waals surface area contributed by atoms with Crippen LogP contribution in [0.5, 0.6) is 0 Å². The van der Waals surface area contributed by atoms with E-state index < -0.39 is 0 Å². The summed E-state index contributed by atoms with van der Waals surface area (Å²) >= 11 is 0. The lowest BCUT2D eigenvalue weighted by molar-refractivity contribution is 0.281. The van der Waals surface area contributed by atoms with Crippen molar-refractivity contribution in [2.75, 3.05) is 18.0 Å². The second kappa shape index (κ2) is 6.33. The van der Waals surface area contributed by atoms with E-state index in [-0.39, 0.29) is 12.4 Å². The fourth-order valence-corrected chi connectivity index (χ4v) is 2.88. The molecule has 0 spiro atoms. The molecule has 1 aliphatic rings. The van der Waals surface area contributed by atoms with E-state index in [9.17, 15) is 9.50 Å². The zero-order chi connectivity index (χ0) is 13.8. The Bertz CT molecular complexity index is 423. The first-order valence-electron chi connectivity index (χ1n) is 7.12. The van der Waals surface area contributed by atoms with Gasteiger partial charge in [-0.15, -0.1) is 0 Å². The normalized spacial score (nSPS) is 20.7. The van der Waals surface area contributed by atoms with Crippen LogP contribution >= 0.6 is 0 Å². The zero-order valence-corrected chi connectivity index (χ0v) is 11.8. The molecule has 0 saturated carbocycles. The van der Waals surface area contributed by atoms with Crippen LogP contribution in [-0.4, -0.2) is 23.2 Å². The van der Waals surface area contributed by atoms with Crippen molar-refractivity contribution in [1.29, 1.82) is 0 Å². The molecule has 1 fully saturated rings. The summed E-state index contributed by atoms with van der Waals surface area (Å²) in [5, 5.41) is 9.35. The van der Waals surface area contributed by atoms with Crippen LogP contribution in [0.4, 0.5) is 10.2 Å². The van der Waals surface area contributed by atoms with Gasteiger partial charge in [0.25, 0.3) is 0 Å². The molecule has 1 N–H and O–H groups in total. The summed E-state index contributed by atoms with van der Waals surface area (Å²) in [7, 11) is 0. The molecule has 0 radical (unpaired) electrons. The molecular weight excluding hydrogens is 243 g/mol. The van der Waals surface area contributed by atoms with Crippen molar-refractivity contribution < 1.29 is 9.50 Å². The van der Waals surface area contributed by atoms with Gasteiger partial charge in [0.05, 0.1) is 12.8 Å². The average molecular weight is 266 g/mol. The number of pyridine rings is 1. The molecule has 1 atom stereocenters. The van der Waals surface area contributed by atoms with Gasteiger partial charge in [-0.25, -0.2) is 9.37 Å². The number of aromatic nitrogens is 1. The van der Waals surface area contributed by atoms with E-state index in [1.807, 2.05) is 0 Å². The van der Waals surface area contributed by atoms with E-state index in [4.69, 9.17) is 0 Å². The summed E-state index contributed by atoms with van der Waals surface area (Å²) in [4.78, 5) is 6.36. The van der Waals surface area contributed by atoms with Crippen molar-refractivity contribution >= 4 is 5.82 Å². The molecule has 1 unspecified atom stereocenters. The summed E-state index contributed by atoms with van der Waals surface area (Å²) in [6.45, 7) is 6.26. The highest BCUT2D eigenvalue weighted by Gasteiger charge is 2.21. The van der Waals surface area contributed by atoms with Gasteiger partial charge in [0.15, 0.2) is 0 Å². The Morgan fingerprint density at radius 1 is 1.42 bits per heavy atom. The molecule has 0 bridgehead atoms. The molecule has 1 aromatic rings. The number of rotatable bonds is 3. The maximum atomic E-state index is 13.2. The number of halogens is 1. The minimum Gasteiger partial charge on any atom is -0.392 e. The molecule has 1 aromatic heterocycles. The lowest BCUT2D eigenvalue weighted by Crippen LogP contribution is -2.26. The van der Waals surface area contributed by atoms with Crippen LogP contribution in [0.15, 0.2) is 12.3 Å². The first kappa shape index (κ1) is 14.3. The van der Waals surface area contributed by atoms with Crippen LogP contribution in [0, 0.1) is 17.7 Å². The molecule has 2 rings (SSSR count). The molecule has 4 heteroatoms. The van der Waals surface area contributed by atoms with Crippen molar-refractivity contribution in [2.45, 2.75) is 39.7 Å². The molecule has 0 amide bonds. The lowest BCUT2D eigenvalue weighted by atomic mass is 9.89. The Morgan fingerprint density at radius 2 is 2.21 bits per heavy atom. The Balaban J connectivity index is 2.14. The third kappa shape index (κ3) is 3.44. The molecule has 0 aromatic carbocycles. The Kier molecular flexibility index (Phi) is 4.75. The zero-order valence-electron chi connectivity index (χ0n) is 11.8. The van der Waals surface area contributed by atoms with Crippen LogP contribution in [0.3, 0.4) is 0 Å². The molecule has 1 saturated heterocycles. The van der Waals surface area contributed by atoms with Gasteiger partial charge in [0, 0.05) is 18.7 Å². The number of aliphatic hydroxyl groups is 1. The number of hydrogen-bond acceptors (Lipinski definition) is 3. The van der Waals surface area contributed by atoms with Crippen LogP contribution < -0.4 is 4.90 Å². The van der Waals surface area contributed by atoms with Crippen molar-refractivity contribution in [2.24, 2.45) is 11.8 Å². The largest absolute Gasteiger partial charge is 0.392 e. The minimum atomic E-state index is -0.386. The molecule has 0 aliphatic carbocycles. The molecule has 3 nitrogen and oxygen atoms in total. The predicted octanol–water partition coefficient (Wildman–Crippen LogP) is 2.98. The highest BCUT2D eigenvalue weighted by atomic mass is 19.1. The number of aliphatic hydroxyl groups excluding tert-OH is 1. The lowest BCUT2D eigenvalue weighted by Gasteiger charge is -2.24. The monoisotopic (exact) mass is 266 g/mol. The van der Waals surface area contributed by atoms with E-state index in [1.54, 1.807) is 0 Å². The standard InChI is InChI=1S/C15H23FN2O/c1-11(2)12-4-3-6-18(7-5-12)15-13(10-19)8-14(16)9-17-15/h8-9,11-12,19H,3-7,10H2,1-2H3. The maximum Gasteiger partial charge on any atom is 0.142 e. The van der Waals surface area contributed by atoms with Crippen molar-refractivity contribution in [3.63, 3.8) is 0 Å². The number of nitrogens with zero attached hydrogens (tertiary/aromatic N) is 2. The summed E-state index contributed by atoms with van der Waals surface area (Å²) in [5.74, 6) is 1.82. The van der Waals surface area contributed by atoms with Gasteiger partial charge < -0.3 is 10.0 Å². The van der Waals surface area contributed by atoms with Gasteiger partial charge in [0.2, 0.25) is 0 Å². The molecule has 2 heterocycles.